The molecular weight excluding hydrogens is 566 g/mol. The summed E-state index contributed by atoms with van der Waals surface area (Å²) in [4.78, 5) is 43.8. The number of ether oxygens (including phenoxy) is 1. The summed E-state index contributed by atoms with van der Waals surface area (Å²) >= 11 is 0. The zero-order valence-electron chi connectivity index (χ0n) is 25.0. The summed E-state index contributed by atoms with van der Waals surface area (Å²) in [6, 6.07) is 8.05. The van der Waals surface area contributed by atoms with Crippen LogP contribution in [-0.2, 0) is 22.6 Å². The van der Waals surface area contributed by atoms with Crippen LogP contribution in [0.15, 0.2) is 53.0 Å². The molecule has 1 fully saturated rings. The second-order valence-corrected chi connectivity index (χ2v) is 12.5. The van der Waals surface area contributed by atoms with Crippen LogP contribution in [0, 0.1) is 11.8 Å². The highest BCUT2D eigenvalue weighted by molar-refractivity contribution is 6.25. The number of phenolic OH excluding ortho intramolecular Hbond substituents is 1. The van der Waals surface area contributed by atoms with E-state index in [1.807, 2.05) is 18.2 Å². The molecule has 0 radical (unpaired) electrons. The number of primary amides is 1. The Hall–Kier alpha value is -4.19. The topological polar surface area (TPSA) is 174 Å². The number of carbonyl (C=O) groups is 3. The van der Waals surface area contributed by atoms with Gasteiger partial charge in [-0.15, -0.1) is 0 Å². The van der Waals surface area contributed by atoms with Gasteiger partial charge in [0.05, 0.1) is 18.7 Å². The van der Waals surface area contributed by atoms with Crippen molar-refractivity contribution in [2.45, 2.75) is 43.9 Å². The molecule has 1 aliphatic heterocycles. The summed E-state index contributed by atoms with van der Waals surface area (Å²) in [6.45, 7) is 2.82. The van der Waals surface area contributed by atoms with Crippen molar-refractivity contribution in [3.05, 3.63) is 69.7 Å². The van der Waals surface area contributed by atoms with E-state index in [0.717, 1.165) is 43.6 Å². The van der Waals surface area contributed by atoms with E-state index >= 15 is 0 Å². The van der Waals surface area contributed by atoms with Gasteiger partial charge in [0.2, 0.25) is 5.78 Å². The summed E-state index contributed by atoms with van der Waals surface area (Å²) in [5, 5.41) is 45.3. The van der Waals surface area contributed by atoms with Gasteiger partial charge in [0.25, 0.3) is 5.91 Å². The zero-order chi connectivity index (χ0) is 31.7. The molecule has 232 valence electrons. The van der Waals surface area contributed by atoms with Crippen LogP contribution in [0.25, 0.3) is 11.1 Å². The molecule has 3 aliphatic carbocycles. The monoisotopic (exact) mass is 603 g/mol. The Morgan fingerprint density at radius 2 is 1.80 bits per heavy atom. The summed E-state index contributed by atoms with van der Waals surface area (Å²) in [5.74, 6) is -6.18. The molecule has 2 aromatic rings. The number of carbonyl (C=O) groups excluding carboxylic acids is 3. The first-order valence-corrected chi connectivity index (χ1v) is 14.8. The van der Waals surface area contributed by atoms with E-state index in [4.69, 9.17) is 10.5 Å². The molecule has 0 bridgehead atoms. The molecule has 4 atom stereocenters. The van der Waals surface area contributed by atoms with Gasteiger partial charge in [-0.1, -0.05) is 12.1 Å². The first kappa shape index (κ1) is 29.9. The standard InChI is InChI=1S/C33H37N3O8/c1-35(2)27-21-14-17-13-20-18(19-12-16(6-9-23(19)44-3)15-36-10-4-5-11-36)7-8-22(37)25(20)28(38)24(17)30(40)33(21,43)31(41)26(29(27)39)32(34)42/h6-9,12,17,21,27,37,39-40,43H,4-5,10-11,13-15H2,1-3H3,(H2,34,42)/t17-,21-,27?,33-/m0/s1. The van der Waals surface area contributed by atoms with E-state index in [-0.39, 0.29) is 29.7 Å². The number of nitrogens with zero attached hydrogens (tertiary/aromatic N) is 2. The molecule has 6 N–H and O–H groups in total. The second-order valence-electron chi connectivity index (χ2n) is 12.5. The highest BCUT2D eigenvalue weighted by Gasteiger charge is 2.63. The predicted molar refractivity (Wildman–Crippen MR) is 160 cm³/mol. The Morgan fingerprint density at radius 3 is 2.43 bits per heavy atom. The molecule has 1 unspecified atom stereocenters. The number of Topliss-reactive ketones (excluding diaryl/α,β-unsaturated/α-hetero) is 2. The number of aliphatic hydroxyl groups excluding tert-OH is 2. The van der Waals surface area contributed by atoms with Crippen molar-refractivity contribution >= 4 is 17.5 Å². The van der Waals surface area contributed by atoms with Crippen molar-refractivity contribution in [2.24, 2.45) is 17.6 Å². The first-order valence-electron chi connectivity index (χ1n) is 14.8. The average molecular weight is 604 g/mol. The van der Waals surface area contributed by atoms with Crippen LogP contribution in [0.5, 0.6) is 11.5 Å². The van der Waals surface area contributed by atoms with Gasteiger partial charge in [0.1, 0.15) is 28.6 Å². The lowest BCUT2D eigenvalue weighted by molar-refractivity contribution is -0.148. The summed E-state index contributed by atoms with van der Waals surface area (Å²) in [5.41, 5.74) is 4.76. The number of nitrogens with two attached hydrogens (primary N) is 1. The third kappa shape index (κ3) is 4.33. The number of ketones is 2. The maximum atomic E-state index is 14.1. The molecule has 4 aliphatic rings. The van der Waals surface area contributed by atoms with Gasteiger partial charge in [-0.3, -0.25) is 24.2 Å². The smallest absolute Gasteiger partial charge is 0.255 e. The van der Waals surface area contributed by atoms with Crippen LogP contribution in [-0.4, -0.2) is 93.6 Å². The maximum absolute atomic E-state index is 14.1. The third-order valence-corrected chi connectivity index (χ3v) is 9.76. The van der Waals surface area contributed by atoms with E-state index in [9.17, 15) is 34.8 Å². The van der Waals surface area contributed by atoms with Crippen LogP contribution in [0.4, 0.5) is 0 Å². The Bertz CT molecular complexity index is 1650. The Labute approximate surface area is 254 Å². The molecule has 0 spiro atoms. The molecule has 1 amide bonds. The minimum Gasteiger partial charge on any atom is -0.510 e. The van der Waals surface area contributed by atoms with Crippen molar-refractivity contribution in [1.29, 1.82) is 0 Å². The van der Waals surface area contributed by atoms with Gasteiger partial charge in [0, 0.05) is 23.6 Å². The van der Waals surface area contributed by atoms with Crippen LogP contribution in [0.1, 0.15) is 40.7 Å². The van der Waals surface area contributed by atoms with Gasteiger partial charge >= 0.3 is 0 Å². The lowest BCUT2D eigenvalue weighted by atomic mass is 9.58. The van der Waals surface area contributed by atoms with E-state index in [1.54, 1.807) is 27.3 Å². The summed E-state index contributed by atoms with van der Waals surface area (Å²) < 4.78 is 5.72. The number of amides is 1. The molecule has 11 nitrogen and oxygen atoms in total. The van der Waals surface area contributed by atoms with E-state index in [0.29, 0.717) is 16.9 Å². The zero-order valence-corrected chi connectivity index (χ0v) is 25.0. The SMILES string of the molecule is COc1ccc(CN2CCCC2)cc1-c1ccc(O)c2c1C[C@H]1C[C@H]3C(N(C)C)C(O)=C(C(N)=O)C(=O)[C@@]3(O)C(O)=C1C2=O. The van der Waals surface area contributed by atoms with Gasteiger partial charge in [-0.05, 0) is 93.7 Å². The third-order valence-electron chi connectivity index (χ3n) is 9.76. The molecule has 6 rings (SSSR count). The number of methoxy groups -OCH3 is 1. The molecule has 0 saturated carbocycles. The second kappa shape index (κ2) is 10.8. The largest absolute Gasteiger partial charge is 0.510 e. The lowest BCUT2D eigenvalue weighted by Crippen LogP contribution is -2.63. The fourth-order valence-electron chi connectivity index (χ4n) is 7.77. The number of fused-ring (bicyclic) bond motifs is 3. The number of rotatable bonds is 6. The number of likely N-dealkylation sites (tertiary alicyclic amines) is 1. The van der Waals surface area contributed by atoms with Crippen molar-refractivity contribution in [3.63, 3.8) is 0 Å². The Kier molecular flexibility index (Phi) is 7.30. The van der Waals surface area contributed by atoms with Gasteiger partial charge in [0.15, 0.2) is 11.4 Å². The van der Waals surface area contributed by atoms with Crippen molar-refractivity contribution in [3.8, 4) is 22.6 Å². The summed E-state index contributed by atoms with van der Waals surface area (Å²) in [6.07, 6.45) is 2.54. The lowest BCUT2D eigenvalue weighted by Gasteiger charge is -2.50. The van der Waals surface area contributed by atoms with Crippen LogP contribution in [0.2, 0.25) is 0 Å². The quantitative estimate of drug-likeness (QED) is 0.309. The minimum absolute atomic E-state index is 0.0208. The molecule has 1 saturated heterocycles. The Balaban J connectivity index is 1.50. The highest BCUT2D eigenvalue weighted by atomic mass is 16.5. The number of aromatic hydroxyl groups is 1. The number of benzene rings is 2. The molecule has 1 heterocycles. The number of hydrogen-bond acceptors (Lipinski definition) is 10. The molecule has 11 heteroatoms. The van der Waals surface area contributed by atoms with Gasteiger partial charge < -0.3 is 30.9 Å². The normalized spacial score (nSPS) is 27.0. The number of hydrogen-bond donors (Lipinski definition) is 5. The van der Waals surface area contributed by atoms with Crippen molar-refractivity contribution in [2.75, 3.05) is 34.3 Å². The van der Waals surface area contributed by atoms with Gasteiger partial charge in [-0.2, -0.15) is 0 Å². The summed E-state index contributed by atoms with van der Waals surface area (Å²) in [7, 11) is 4.77. The van der Waals surface area contributed by atoms with E-state index in [2.05, 4.69) is 4.90 Å². The number of likely N-dealkylation sites (N-methyl/N-ethyl adjacent to an activating group) is 1. The Morgan fingerprint density at radius 1 is 1.09 bits per heavy atom. The fourth-order valence-corrected chi connectivity index (χ4v) is 7.77. The van der Waals surface area contributed by atoms with E-state index in [1.165, 1.54) is 11.0 Å². The minimum atomic E-state index is -2.68. The van der Waals surface area contributed by atoms with Crippen molar-refractivity contribution in [1.82, 2.24) is 9.80 Å². The maximum Gasteiger partial charge on any atom is 0.255 e. The van der Waals surface area contributed by atoms with Gasteiger partial charge in [-0.25, -0.2) is 0 Å². The first-order chi connectivity index (χ1) is 20.9. The number of allylic oxidation sites excluding steroid dienone is 1. The fraction of sp³-hybridized carbons (Fsp3) is 0.424. The average Bonchev–Trinajstić information content (AvgIpc) is 3.48. The highest BCUT2D eigenvalue weighted by Crippen LogP contribution is 2.53. The van der Waals surface area contributed by atoms with E-state index < -0.39 is 58.0 Å². The van der Waals surface area contributed by atoms with Crippen molar-refractivity contribution < 1.29 is 39.5 Å². The van der Waals surface area contributed by atoms with Crippen LogP contribution < -0.4 is 10.5 Å². The van der Waals surface area contributed by atoms with Crippen LogP contribution >= 0.6 is 0 Å². The number of aliphatic hydroxyl groups is 3. The molecule has 44 heavy (non-hydrogen) atoms. The molecule has 0 aromatic heterocycles. The van der Waals surface area contributed by atoms with Crippen LogP contribution in [0.3, 0.4) is 0 Å². The predicted octanol–water partition coefficient (Wildman–Crippen LogP) is 2.39. The molecule has 2 aromatic carbocycles. The molecular formula is C33H37N3O8. The number of phenols is 1.